The van der Waals surface area contributed by atoms with E-state index in [0.717, 1.165) is 42.8 Å². The summed E-state index contributed by atoms with van der Waals surface area (Å²) in [5.74, 6) is -0.241. The lowest BCUT2D eigenvalue weighted by Gasteiger charge is -2.41. The Kier molecular flexibility index (Phi) is 5.88. The zero-order chi connectivity index (χ0) is 22.2. The third kappa shape index (κ3) is 4.37. The van der Waals surface area contributed by atoms with Gasteiger partial charge in [-0.2, -0.15) is 0 Å². The predicted octanol–water partition coefficient (Wildman–Crippen LogP) is 3.72. The van der Waals surface area contributed by atoms with Gasteiger partial charge in [0.1, 0.15) is 5.82 Å². The minimum Gasteiger partial charge on any atom is -0.360 e. The number of hydrogen-bond acceptors (Lipinski definition) is 4. The van der Waals surface area contributed by atoms with Crippen LogP contribution in [-0.4, -0.2) is 54.4 Å². The molecule has 0 radical (unpaired) electrons. The van der Waals surface area contributed by atoms with Crippen molar-refractivity contribution >= 4 is 5.91 Å². The summed E-state index contributed by atoms with van der Waals surface area (Å²) in [7, 11) is 3.61. The molecule has 1 aromatic heterocycles. The maximum absolute atomic E-state index is 14.1. The van der Waals surface area contributed by atoms with Gasteiger partial charge >= 0.3 is 0 Å². The molecule has 0 bridgehead atoms. The van der Waals surface area contributed by atoms with Crippen molar-refractivity contribution in [2.24, 2.45) is 5.92 Å². The van der Waals surface area contributed by atoms with Gasteiger partial charge < -0.3 is 14.5 Å². The molecule has 0 saturated carbocycles. The number of nitrogens with zero attached hydrogens (tertiary/aromatic N) is 3. The van der Waals surface area contributed by atoms with Gasteiger partial charge in [0.2, 0.25) is 5.91 Å². The van der Waals surface area contributed by atoms with Gasteiger partial charge in [0, 0.05) is 52.0 Å². The van der Waals surface area contributed by atoms with E-state index in [2.05, 4.69) is 23.7 Å². The second-order valence-corrected chi connectivity index (χ2v) is 9.55. The predicted molar refractivity (Wildman–Crippen MR) is 118 cm³/mol. The zero-order valence-electron chi connectivity index (χ0n) is 18.9. The molecule has 4 rings (SSSR count). The minimum absolute atomic E-state index is 0.122. The summed E-state index contributed by atoms with van der Waals surface area (Å²) < 4.78 is 20.6. The molecule has 31 heavy (non-hydrogen) atoms. The fourth-order valence-electron chi connectivity index (χ4n) is 5.16. The number of ether oxygens (including phenoxy) is 1. The van der Waals surface area contributed by atoms with E-state index in [-0.39, 0.29) is 17.6 Å². The average Bonchev–Trinajstić information content (AvgIpc) is 2.95. The van der Waals surface area contributed by atoms with Crippen molar-refractivity contribution in [2.75, 3.05) is 33.7 Å². The first kappa shape index (κ1) is 21.9. The highest BCUT2D eigenvalue weighted by Gasteiger charge is 2.50. The first-order chi connectivity index (χ1) is 14.7. The second-order valence-electron chi connectivity index (χ2n) is 9.55. The Morgan fingerprint density at radius 2 is 1.94 bits per heavy atom. The number of rotatable bonds is 5. The highest BCUT2D eigenvalue weighted by Crippen LogP contribution is 2.52. The van der Waals surface area contributed by atoms with E-state index < -0.39 is 11.2 Å². The topological polar surface area (TPSA) is 45.7 Å². The van der Waals surface area contributed by atoms with Crippen molar-refractivity contribution in [1.29, 1.82) is 0 Å². The number of aromatic nitrogens is 1. The number of pyridine rings is 1. The Morgan fingerprint density at radius 3 is 2.58 bits per heavy atom. The second kappa shape index (κ2) is 8.32. The van der Waals surface area contributed by atoms with Crippen LogP contribution in [0.4, 0.5) is 4.39 Å². The molecule has 5 nitrogen and oxygen atoms in total. The average molecular weight is 426 g/mol. The van der Waals surface area contributed by atoms with E-state index in [9.17, 15) is 9.18 Å². The van der Waals surface area contributed by atoms with Gasteiger partial charge in [0.05, 0.1) is 17.1 Å². The van der Waals surface area contributed by atoms with Crippen LogP contribution in [0.15, 0.2) is 42.6 Å². The molecular weight excluding hydrogens is 393 g/mol. The van der Waals surface area contributed by atoms with Crippen molar-refractivity contribution in [1.82, 2.24) is 14.8 Å². The molecule has 166 valence electrons. The van der Waals surface area contributed by atoms with Crippen LogP contribution in [0.1, 0.15) is 43.5 Å². The maximum atomic E-state index is 14.1. The lowest BCUT2D eigenvalue weighted by Crippen LogP contribution is -2.47. The molecule has 3 heterocycles. The Hall–Kier alpha value is -2.31. The fraction of sp³-hybridized carbons (Fsp3) is 0.520. The molecule has 0 aliphatic carbocycles. The molecule has 2 aromatic rings. The number of benzene rings is 1. The standard InChI is InChI=1S/C25H32FN3O2/c1-24(2)21-9-8-19(26)16-22(21)25(31-24)10-13-29(14-11-25)17-18(23(30)28(3)4)15-20-7-5-6-12-27-20/h5-9,12,16,18H,10-11,13-15,17H2,1-4H3. The van der Waals surface area contributed by atoms with Gasteiger partial charge in [-0.3, -0.25) is 9.78 Å². The molecule has 6 heteroatoms. The Labute approximate surface area is 184 Å². The third-order valence-electron chi connectivity index (χ3n) is 6.69. The molecule has 2 aliphatic heterocycles. The first-order valence-electron chi connectivity index (χ1n) is 11.0. The van der Waals surface area contributed by atoms with Crippen LogP contribution in [0.5, 0.6) is 0 Å². The van der Waals surface area contributed by atoms with Gasteiger partial charge in [-0.25, -0.2) is 4.39 Å². The molecule has 0 N–H and O–H groups in total. The molecule has 1 amide bonds. The number of amides is 1. The number of carbonyl (C=O) groups excluding carboxylic acids is 1. The summed E-state index contributed by atoms with van der Waals surface area (Å²) in [6.07, 6.45) is 3.97. The molecule has 1 aromatic carbocycles. The van der Waals surface area contributed by atoms with Crippen LogP contribution in [-0.2, 0) is 27.2 Å². The highest BCUT2D eigenvalue weighted by atomic mass is 19.1. The number of hydrogen-bond donors (Lipinski definition) is 0. The van der Waals surface area contributed by atoms with E-state index in [1.807, 2.05) is 24.3 Å². The van der Waals surface area contributed by atoms with Crippen LogP contribution < -0.4 is 0 Å². The van der Waals surface area contributed by atoms with Crippen molar-refractivity contribution < 1.29 is 13.9 Å². The summed E-state index contributed by atoms with van der Waals surface area (Å²) in [6, 6.07) is 10.9. The number of fused-ring (bicyclic) bond motifs is 2. The maximum Gasteiger partial charge on any atom is 0.226 e. The zero-order valence-corrected chi connectivity index (χ0v) is 18.9. The van der Waals surface area contributed by atoms with Crippen molar-refractivity contribution in [3.8, 4) is 0 Å². The van der Waals surface area contributed by atoms with Gasteiger partial charge in [-0.15, -0.1) is 0 Å². The monoisotopic (exact) mass is 425 g/mol. The van der Waals surface area contributed by atoms with Crippen LogP contribution >= 0.6 is 0 Å². The highest BCUT2D eigenvalue weighted by molar-refractivity contribution is 5.78. The van der Waals surface area contributed by atoms with Gasteiger partial charge in [-0.05, 0) is 62.1 Å². The smallest absolute Gasteiger partial charge is 0.226 e. The van der Waals surface area contributed by atoms with E-state index in [1.54, 1.807) is 31.3 Å². The van der Waals surface area contributed by atoms with Crippen LogP contribution in [0, 0.1) is 11.7 Å². The quantitative estimate of drug-likeness (QED) is 0.733. The van der Waals surface area contributed by atoms with Crippen LogP contribution in [0.2, 0.25) is 0 Å². The summed E-state index contributed by atoms with van der Waals surface area (Å²) in [6.45, 7) is 6.42. The van der Waals surface area contributed by atoms with Crippen molar-refractivity contribution in [3.63, 3.8) is 0 Å². The normalized spacial score (nSPS) is 20.4. The van der Waals surface area contributed by atoms with Gasteiger partial charge in [0.25, 0.3) is 0 Å². The van der Waals surface area contributed by atoms with Gasteiger partial charge in [0.15, 0.2) is 0 Å². The number of likely N-dealkylation sites (tertiary alicyclic amines) is 1. The lowest BCUT2D eigenvalue weighted by atomic mass is 9.82. The van der Waals surface area contributed by atoms with Crippen LogP contribution in [0.3, 0.4) is 0 Å². The molecule has 1 saturated heterocycles. The summed E-state index contributed by atoms with van der Waals surface area (Å²) >= 11 is 0. The summed E-state index contributed by atoms with van der Waals surface area (Å²) in [5, 5.41) is 0. The van der Waals surface area contributed by atoms with E-state index in [1.165, 1.54) is 6.07 Å². The van der Waals surface area contributed by atoms with E-state index in [4.69, 9.17) is 4.74 Å². The third-order valence-corrected chi connectivity index (χ3v) is 6.69. The van der Waals surface area contributed by atoms with E-state index in [0.29, 0.717) is 13.0 Å². The Bertz CT molecular complexity index is 937. The first-order valence-corrected chi connectivity index (χ1v) is 11.0. The molecule has 1 fully saturated rings. The SMILES string of the molecule is CN(C)C(=O)C(Cc1ccccn1)CN1CCC2(CC1)OC(C)(C)c1ccc(F)cc12. The van der Waals surface area contributed by atoms with Gasteiger partial charge in [-0.1, -0.05) is 12.1 Å². The molecular formula is C25H32FN3O2. The Balaban J connectivity index is 1.48. The molecule has 1 atom stereocenters. The molecule has 2 aliphatic rings. The van der Waals surface area contributed by atoms with Crippen molar-refractivity contribution in [3.05, 3.63) is 65.2 Å². The largest absolute Gasteiger partial charge is 0.360 e. The Morgan fingerprint density at radius 1 is 1.19 bits per heavy atom. The van der Waals surface area contributed by atoms with Crippen molar-refractivity contribution in [2.45, 2.75) is 44.3 Å². The van der Waals surface area contributed by atoms with Crippen LogP contribution in [0.25, 0.3) is 0 Å². The molecule has 1 spiro atoms. The minimum atomic E-state index is -0.445. The number of carbonyl (C=O) groups is 1. The van der Waals surface area contributed by atoms with E-state index >= 15 is 0 Å². The fourth-order valence-corrected chi connectivity index (χ4v) is 5.16. The summed E-state index contributed by atoms with van der Waals surface area (Å²) in [4.78, 5) is 21.3. The molecule has 1 unspecified atom stereocenters. The number of halogens is 1. The lowest BCUT2D eigenvalue weighted by molar-refractivity contribution is -0.151. The summed E-state index contributed by atoms with van der Waals surface area (Å²) in [5.41, 5.74) is 2.14. The number of piperidine rings is 1.